The summed E-state index contributed by atoms with van der Waals surface area (Å²) in [6.07, 6.45) is 2.83. The van der Waals surface area contributed by atoms with Crippen molar-refractivity contribution in [3.8, 4) is 5.75 Å². The van der Waals surface area contributed by atoms with Crippen LogP contribution in [-0.2, 0) is 0 Å². The first-order chi connectivity index (χ1) is 8.66. The molecule has 1 amide bonds. The van der Waals surface area contributed by atoms with E-state index in [0.29, 0.717) is 11.3 Å². The van der Waals surface area contributed by atoms with Gasteiger partial charge in [-0.15, -0.1) is 0 Å². The molecule has 0 spiro atoms. The minimum atomic E-state index is -0.402. The van der Waals surface area contributed by atoms with E-state index >= 15 is 0 Å². The molecular formula is C11H9BrN4O2. The maximum Gasteiger partial charge on any atom is 0.289 e. The molecule has 0 fully saturated rings. The molecule has 0 atom stereocenters. The number of H-pyrrole nitrogens is 1. The maximum atomic E-state index is 11.5. The van der Waals surface area contributed by atoms with Gasteiger partial charge in [-0.25, -0.2) is 5.43 Å². The van der Waals surface area contributed by atoms with Crippen molar-refractivity contribution in [3.63, 3.8) is 0 Å². The maximum absolute atomic E-state index is 11.5. The Bertz CT molecular complexity index is 581. The van der Waals surface area contributed by atoms with Gasteiger partial charge in [0.15, 0.2) is 0 Å². The lowest BCUT2D eigenvalue weighted by Gasteiger charge is -1.99. The van der Waals surface area contributed by atoms with Crippen LogP contribution < -0.4 is 5.43 Å². The number of benzene rings is 1. The monoisotopic (exact) mass is 308 g/mol. The molecule has 92 valence electrons. The van der Waals surface area contributed by atoms with Crippen molar-refractivity contribution in [3.05, 3.63) is 46.2 Å². The Morgan fingerprint density at radius 3 is 3.00 bits per heavy atom. The standard InChI is InChI=1S/C11H9BrN4O2/c12-8-2-1-7(10(17)5-8)6-14-16-11(18)9-3-4-13-15-9/h1-6,17H,(H,13,15)(H,16,18)/b14-6+. The third-order valence-corrected chi connectivity index (χ3v) is 2.60. The number of nitrogens with one attached hydrogen (secondary N) is 2. The predicted octanol–water partition coefficient (Wildman–Crippen LogP) is 1.64. The lowest BCUT2D eigenvalue weighted by atomic mass is 10.2. The van der Waals surface area contributed by atoms with Crippen LogP contribution in [0.2, 0.25) is 0 Å². The number of phenolic OH excluding ortho intramolecular Hbond substituents is 1. The van der Waals surface area contributed by atoms with Crippen molar-refractivity contribution in [1.29, 1.82) is 0 Å². The molecule has 3 N–H and O–H groups in total. The average Bonchev–Trinajstić information content (AvgIpc) is 2.85. The summed E-state index contributed by atoms with van der Waals surface area (Å²) in [5.74, 6) is -0.329. The molecule has 1 aromatic heterocycles. The Kier molecular flexibility index (Phi) is 3.73. The number of halogens is 1. The second-order valence-electron chi connectivity index (χ2n) is 3.37. The summed E-state index contributed by atoms with van der Waals surface area (Å²) in [5.41, 5.74) is 3.13. The molecule has 6 nitrogen and oxygen atoms in total. The minimum absolute atomic E-state index is 0.0731. The van der Waals surface area contributed by atoms with E-state index in [9.17, 15) is 9.90 Å². The summed E-state index contributed by atoms with van der Waals surface area (Å²) in [4.78, 5) is 11.5. The van der Waals surface area contributed by atoms with Gasteiger partial charge in [0.1, 0.15) is 11.4 Å². The Morgan fingerprint density at radius 1 is 1.50 bits per heavy atom. The van der Waals surface area contributed by atoms with Gasteiger partial charge in [-0.05, 0) is 24.3 Å². The number of aromatic nitrogens is 2. The van der Waals surface area contributed by atoms with Gasteiger partial charge in [-0.2, -0.15) is 10.2 Å². The van der Waals surface area contributed by atoms with E-state index in [0.717, 1.165) is 4.47 Å². The van der Waals surface area contributed by atoms with Crippen molar-refractivity contribution < 1.29 is 9.90 Å². The van der Waals surface area contributed by atoms with E-state index in [4.69, 9.17) is 0 Å². The number of hydrogen-bond donors (Lipinski definition) is 3. The lowest BCUT2D eigenvalue weighted by Crippen LogP contribution is -2.17. The highest BCUT2D eigenvalue weighted by Crippen LogP contribution is 2.20. The lowest BCUT2D eigenvalue weighted by molar-refractivity contribution is 0.0950. The van der Waals surface area contributed by atoms with E-state index in [1.165, 1.54) is 24.5 Å². The first-order valence-electron chi connectivity index (χ1n) is 4.98. The molecule has 0 aliphatic carbocycles. The van der Waals surface area contributed by atoms with Crippen LogP contribution in [0.15, 0.2) is 40.0 Å². The number of carbonyl (C=O) groups excluding carboxylic acids is 1. The molecule has 1 heterocycles. The molecule has 0 radical (unpaired) electrons. The van der Waals surface area contributed by atoms with Crippen LogP contribution in [0, 0.1) is 0 Å². The van der Waals surface area contributed by atoms with E-state index < -0.39 is 5.91 Å². The van der Waals surface area contributed by atoms with Gasteiger partial charge in [-0.3, -0.25) is 9.89 Å². The zero-order valence-corrected chi connectivity index (χ0v) is 10.7. The molecule has 1 aromatic carbocycles. The van der Waals surface area contributed by atoms with E-state index in [1.807, 2.05) is 0 Å². The van der Waals surface area contributed by atoms with Crippen LogP contribution in [0.1, 0.15) is 16.1 Å². The molecule has 0 bridgehead atoms. The molecule has 0 aliphatic rings. The molecule has 0 aliphatic heterocycles. The van der Waals surface area contributed by atoms with E-state index in [1.54, 1.807) is 12.1 Å². The summed E-state index contributed by atoms with van der Waals surface area (Å²) in [6.45, 7) is 0. The Labute approximate surface area is 111 Å². The summed E-state index contributed by atoms with van der Waals surface area (Å²) in [6, 6.07) is 6.50. The summed E-state index contributed by atoms with van der Waals surface area (Å²) >= 11 is 3.23. The summed E-state index contributed by atoms with van der Waals surface area (Å²) in [7, 11) is 0. The second kappa shape index (κ2) is 5.46. The van der Waals surface area contributed by atoms with Gasteiger partial charge in [0.2, 0.25) is 0 Å². The highest BCUT2D eigenvalue weighted by molar-refractivity contribution is 9.10. The highest BCUT2D eigenvalue weighted by Gasteiger charge is 2.04. The van der Waals surface area contributed by atoms with Crippen LogP contribution >= 0.6 is 15.9 Å². The molecule has 0 saturated heterocycles. The summed E-state index contributed by atoms with van der Waals surface area (Å²) in [5, 5.41) is 19.5. The summed E-state index contributed by atoms with van der Waals surface area (Å²) < 4.78 is 0.763. The Hall–Kier alpha value is -2.15. The molecule has 0 unspecified atom stereocenters. The van der Waals surface area contributed by atoms with Gasteiger partial charge in [0.05, 0.1) is 6.21 Å². The van der Waals surface area contributed by atoms with Crippen molar-refractivity contribution in [2.24, 2.45) is 5.10 Å². The van der Waals surface area contributed by atoms with Crippen molar-refractivity contribution in [2.75, 3.05) is 0 Å². The zero-order valence-electron chi connectivity index (χ0n) is 9.09. The van der Waals surface area contributed by atoms with Gasteiger partial charge >= 0.3 is 0 Å². The number of aromatic hydroxyl groups is 1. The van der Waals surface area contributed by atoms with Crippen LogP contribution in [0.4, 0.5) is 0 Å². The number of hydrazone groups is 1. The smallest absolute Gasteiger partial charge is 0.289 e. The molecule has 7 heteroatoms. The van der Waals surface area contributed by atoms with Crippen molar-refractivity contribution in [1.82, 2.24) is 15.6 Å². The zero-order chi connectivity index (χ0) is 13.0. The van der Waals surface area contributed by atoms with Crippen molar-refractivity contribution >= 4 is 28.1 Å². The number of hydrogen-bond acceptors (Lipinski definition) is 4. The quantitative estimate of drug-likeness (QED) is 0.595. The highest BCUT2D eigenvalue weighted by atomic mass is 79.9. The number of nitrogens with zero attached hydrogens (tertiary/aromatic N) is 2. The topological polar surface area (TPSA) is 90.4 Å². The molecular weight excluding hydrogens is 300 g/mol. The Morgan fingerprint density at radius 2 is 2.33 bits per heavy atom. The third kappa shape index (κ3) is 2.95. The number of amides is 1. The second-order valence-corrected chi connectivity index (χ2v) is 4.29. The molecule has 0 saturated carbocycles. The molecule has 2 rings (SSSR count). The van der Waals surface area contributed by atoms with Gasteiger partial charge in [-0.1, -0.05) is 15.9 Å². The van der Waals surface area contributed by atoms with Crippen molar-refractivity contribution in [2.45, 2.75) is 0 Å². The average molecular weight is 309 g/mol. The predicted molar refractivity (Wildman–Crippen MR) is 69.5 cm³/mol. The van der Waals surface area contributed by atoms with E-state index in [2.05, 4.69) is 36.7 Å². The fourth-order valence-electron chi connectivity index (χ4n) is 1.23. The fraction of sp³-hybridized carbons (Fsp3) is 0. The van der Waals surface area contributed by atoms with Gasteiger partial charge in [0, 0.05) is 16.2 Å². The number of rotatable bonds is 3. The van der Waals surface area contributed by atoms with Gasteiger partial charge < -0.3 is 5.11 Å². The number of aromatic amines is 1. The van der Waals surface area contributed by atoms with E-state index in [-0.39, 0.29) is 5.75 Å². The first kappa shape index (κ1) is 12.3. The van der Waals surface area contributed by atoms with Crippen LogP contribution in [-0.4, -0.2) is 27.4 Å². The normalized spacial score (nSPS) is 10.7. The minimum Gasteiger partial charge on any atom is -0.507 e. The molecule has 2 aromatic rings. The number of carbonyl (C=O) groups is 1. The van der Waals surface area contributed by atoms with Gasteiger partial charge in [0.25, 0.3) is 5.91 Å². The SMILES string of the molecule is O=C(N/N=C/c1ccc(Br)cc1O)c1ccn[nH]1. The van der Waals surface area contributed by atoms with Crippen LogP contribution in [0.25, 0.3) is 0 Å². The Balaban J connectivity index is 2.01. The van der Waals surface area contributed by atoms with Crippen LogP contribution in [0.3, 0.4) is 0 Å². The largest absolute Gasteiger partial charge is 0.507 e. The third-order valence-electron chi connectivity index (χ3n) is 2.11. The number of phenols is 1. The van der Waals surface area contributed by atoms with Crippen LogP contribution in [0.5, 0.6) is 5.75 Å². The first-order valence-corrected chi connectivity index (χ1v) is 5.77. The molecule has 18 heavy (non-hydrogen) atoms. The fourth-order valence-corrected chi connectivity index (χ4v) is 1.58.